The first-order chi connectivity index (χ1) is 6.93. The van der Waals surface area contributed by atoms with Crippen molar-refractivity contribution in [1.82, 2.24) is 5.01 Å². The molecule has 4 atom stereocenters. The molecule has 0 rings (SSSR count). The normalized spacial score (nSPS) is 20.0. The first-order valence-electron chi connectivity index (χ1n) is 4.76. The van der Waals surface area contributed by atoms with E-state index in [1.165, 1.54) is 5.01 Å². The fourth-order valence-electron chi connectivity index (χ4n) is 1.04. The monoisotopic (exact) mass is 224 g/mol. The third-order valence-corrected chi connectivity index (χ3v) is 2.15. The molecule has 0 aromatic rings. The molecule has 0 saturated carbocycles. The zero-order chi connectivity index (χ0) is 12.0. The smallest absolute Gasteiger partial charge is 0.111 e. The zero-order valence-electron chi connectivity index (χ0n) is 8.69. The van der Waals surface area contributed by atoms with Crippen molar-refractivity contribution in [2.45, 2.75) is 31.3 Å². The van der Waals surface area contributed by atoms with E-state index in [0.29, 0.717) is 6.54 Å². The highest BCUT2D eigenvalue weighted by molar-refractivity contribution is 4.81. The van der Waals surface area contributed by atoms with Crippen LogP contribution in [-0.4, -0.2) is 74.7 Å². The summed E-state index contributed by atoms with van der Waals surface area (Å²) >= 11 is 0. The summed E-state index contributed by atoms with van der Waals surface area (Å²) < 4.78 is 0. The Morgan fingerprint density at radius 1 is 1.07 bits per heavy atom. The second-order valence-electron chi connectivity index (χ2n) is 3.39. The number of aliphatic hydroxyl groups is 5. The van der Waals surface area contributed by atoms with Crippen LogP contribution in [0.15, 0.2) is 0 Å². The van der Waals surface area contributed by atoms with Crippen LogP contribution in [-0.2, 0) is 0 Å². The molecule has 0 amide bonds. The van der Waals surface area contributed by atoms with Gasteiger partial charge in [0.1, 0.15) is 18.3 Å². The standard InChI is InChI=1S/C8H20N2O5/c1-2-10(9)3-5(12)7(14)8(15)6(13)4-11/h5-8,11-15H,2-4,9H2,1H3/t5-,6+,7+,8+/m0/s1. The maximum absolute atomic E-state index is 9.41. The summed E-state index contributed by atoms with van der Waals surface area (Å²) in [6.45, 7) is 1.51. The molecule has 0 spiro atoms. The molecule has 7 N–H and O–H groups in total. The van der Waals surface area contributed by atoms with Crippen molar-refractivity contribution in [1.29, 1.82) is 0 Å². The molecule has 0 radical (unpaired) electrons. The molecular weight excluding hydrogens is 204 g/mol. The van der Waals surface area contributed by atoms with Crippen molar-refractivity contribution < 1.29 is 25.5 Å². The van der Waals surface area contributed by atoms with E-state index in [0.717, 1.165) is 0 Å². The van der Waals surface area contributed by atoms with Crippen LogP contribution in [0.1, 0.15) is 6.92 Å². The van der Waals surface area contributed by atoms with Crippen LogP contribution < -0.4 is 5.84 Å². The van der Waals surface area contributed by atoms with Crippen molar-refractivity contribution in [2.75, 3.05) is 19.7 Å². The van der Waals surface area contributed by atoms with E-state index >= 15 is 0 Å². The lowest BCUT2D eigenvalue weighted by Gasteiger charge is -2.27. The van der Waals surface area contributed by atoms with E-state index in [2.05, 4.69) is 0 Å². The Morgan fingerprint density at radius 3 is 1.93 bits per heavy atom. The fourth-order valence-corrected chi connectivity index (χ4v) is 1.04. The Bertz CT molecular complexity index is 171. The Labute approximate surface area is 88.3 Å². The molecule has 0 bridgehead atoms. The predicted molar refractivity (Wildman–Crippen MR) is 52.5 cm³/mol. The molecule has 0 saturated heterocycles. The summed E-state index contributed by atoms with van der Waals surface area (Å²) in [5, 5.41) is 46.9. The molecular formula is C8H20N2O5. The lowest BCUT2D eigenvalue weighted by molar-refractivity contribution is -0.119. The number of nitrogens with zero attached hydrogens (tertiary/aromatic N) is 1. The average Bonchev–Trinajstić information content (AvgIpc) is 2.25. The lowest BCUT2D eigenvalue weighted by atomic mass is 10.0. The van der Waals surface area contributed by atoms with Crippen molar-refractivity contribution in [3.63, 3.8) is 0 Å². The SMILES string of the molecule is CCN(N)C[C@H](O)[C@@H](O)[C@H](O)[C@H](O)CO. The minimum atomic E-state index is -1.60. The van der Waals surface area contributed by atoms with Crippen LogP contribution in [0.2, 0.25) is 0 Å². The van der Waals surface area contributed by atoms with E-state index in [9.17, 15) is 15.3 Å². The van der Waals surface area contributed by atoms with Crippen LogP contribution in [0.25, 0.3) is 0 Å². The number of hydrogen-bond donors (Lipinski definition) is 6. The van der Waals surface area contributed by atoms with Gasteiger partial charge in [-0.2, -0.15) is 0 Å². The van der Waals surface area contributed by atoms with Gasteiger partial charge in [0.2, 0.25) is 0 Å². The summed E-state index contributed by atoms with van der Waals surface area (Å²) in [5.41, 5.74) is 0. The molecule has 0 aromatic heterocycles. The highest BCUT2D eigenvalue weighted by Gasteiger charge is 2.30. The number of nitrogens with two attached hydrogens (primary N) is 1. The van der Waals surface area contributed by atoms with Gasteiger partial charge in [-0.15, -0.1) is 0 Å². The van der Waals surface area contributed by atoms with E-state index in [-0.39, 0.29) is 6.54 Å². The summed E-state index contributed by atoms with van der Waals surface area (Å²) in [7, 11) is 0. The second-order valence-corrected chi connectivity index (χ2v) is 3.39. The molecule has 0 aliphatic rings. The topological polar surface area (TPSA) is 130 Å². The van der Waals surface area contributed by atoms with Crippen LogP contribution >= 0.6 is 0 Å². The van der Waals surface area contributed by atoms with Gasteiger partial charge in [0.05, 0.1) is 12.7 Å². The third-order valence-electron chi connectivity index (χ3n) is 2.15. The highest BCUT2D eigenvalue weighted by atomic mass is 16.4. The van der Waals surface area contributed by atoms with Crippen molar-refractivity contribution in [3.05, 3.63) is 0 Å². The molecule has 0 fully saturated rings. The van der Waals surface area contributed by atoms with Crippen molar-refractivity contribution in [3.8, 4) is 0 Å². The van der Waals surface area contributed by atoms with Crippen LogP contribution in [0.3, 0.4) is 0 Å². The summed E-state index contributed by atoms with van der Waals surface area (Å²) in [4.78, 5) is 0. The van der Waals surface area contributed by atoms with Gasteiger partial charge in [-0.25, -0.2) is 5.01 Å². The second kappa shape index (κ2) is 7.07. The number of aliphatic hydroxyl groups excluding tert-OH is 5. The van der Waals surface area contributed by atoms with Gasteiger partial charge in [0.15, 0.2) is 0 Å². The molecule has 0 heterocycles. The van der Waals surface area contributed by atoms with Gasteiger partial charge in [-0.3, -0.25) is 5.84 Å². The van der Waals surface area contributed by atoms with Gasteiger partial charge in [0.25, 0.3) is 0 Å². The molecule has 7 nitrogen and oxygen atoms in total. The van der Waals surface area contributed by atoms with Crippen LogP contribution in [0.4, 0.5) is 0 Å². The Balaban J connectivity index is 4.12. The maximum atomic E-state index is 9.41. The van der Waals surface area contributed by atoms with E-state index < -0.39 is 31.0 Å². The molecule has 0 aliphatic heterocycles. The summed E-state index contributed by atoms with van der Waals surface area (Å²) in [6, 6.07) is 0. The number of hydrogen-bond acceptors (Lipinski definition) is 7. The van der Waals surface area contributed by atoms with Crippen molar-refractivity contribution in [2.24, 2.45) is 5.84 Å². The molecule has 15 heavy (non-hydrogen) atoms. The minimum absolute atomic E-state index is 0.0348. The Morgan fingerprint density at radius 2 is 1.53 bits per heavy atom. The number of likely N-dealkylation sites (N-methyl/N-ethyl adjacent to an activating group) is 1. The van der Waals surface area contributed by atoms with Gasteiger partial charge < -0.3 is 25.5 Å². The van der Waals surface area contributed by atoms with Gasteiger partial charge in [-0.05, 0) is 0 Å². The quantitative estimate of drug-likeness (QED) is 0.196. The maximum Gasteiger partial charge on any atom is 0.111 e. The van der Waals surface area contributed by atoms with E-state index in [4.69, 9.17) is 16.1 Å². The number of hydrazine groups is 1. The minimum Gasteiger partial charge on any atom is -0.394 e. The number of rotatable bonds is 7. The fraction of sp³-hybridized carbons (Fsp3) is 1.00. The Hall–Kier alpha value is -0.280. The lowest BCUT2D eigenvalue weighted by Crippen LogP contribution is -2.50. The average molecular weight is 224 g/mol. The van der Waals surface area contributed by atoms with Gasteiger partial charge in [-0.1, -0.05) is 6.92 Å². The van der Waals surface area contributed by atoms with Gasteiger partial charge >= 0.3 is 0 Å². The van der Waals surface area contributed by atoms with Crippen molar-refractivity contribution >= 4 is 0 Å². The van der Waals surface area contributed by atoms with Gasteiger partial charge in [0, 0.05) is 13.1 Å². The first kappa shape index (κ1) is 14.7. The molecule has 7 heteroatoms. The largest absolute Gasteiger partial charge is 0.394 e. The van der Waals surface area contributed by atoms with Crippen LogP contribution in [0, 0.1) is 0 Å². The van der Waals surface area contributed by atoms with E-state index in [1.54, 1.807) is 6.92 Å². The molecule has 0 aromatic carbocycles. The molecule has 0 unspecified atom stereocenters. The highest BCUT2D eigenvalue weighted by Crippen LogP contribution is 2.05. The molecule has 0 aliphatic carbocycles. The summed E-state index contributed by atoms with van der Waals surface area (Å²) in [6.07, 6.45) is -5.92. The zero-order valence-corrected chi connectivity index (χ0v) is 8.69. The third kappa shape index (κ3) is 4.85. The van der Waals surface area contributed by atoms with Crippen LogP contribution in [0.5, 0.6) is 0 Å². The van der Waals surface area contributed by atoms with E-state index in [1.807, 2.05) is 0 Å². The molecule has 92 valence electrons. The Kier molecular flexibility index (Phi) is 6.94. The predicted octanol–water partition coefficient (Wildman–Crippen LogP) is -3.38. The first-order valence-corrected chi connectivity index (χ1v) is 4.76. The summed E-state index contributed by atoms with van der Waals surface area (Å²) in [5.74, 6) is 5.39.